The van der Waals surface area contributed by atoms with Crippen LogP contribution in [0.4, 0.5) is 10.1 Å². The second-order valence-corrected chi connectivity index (χ2v) is 3.03. The molecular formula is C10H11FN2O. The SMILES string of the molecule is CC(CO)Nc1ccc(C#N)c(F)c1. The molecule has 2 N–H and O–H groups in total. The van der Waals surface area contributed by atoms with Crippen LogP contribution in [0.25, 0.3) is 0 Å². The topological polar surface area (TPSA) is 56.0 Å². The summed E-state index contributed by atoms with van der Waals surface area (Å²) in [7, 11) is 0. The van der Waals surface area contributed by atoms with Crippen LogP contribution in [-0.4, -0.2) is 17.8 Å². The Balaban J connectivity index is 2.82. The number of nitrogens with one attached hydrogen (secondary N) is 1. The molecular weight excluding hydrogens is 183 g/mol. The van der Waals surface area contributed by atoms with Crippen LogP contribution < -0.4 is 5.32 Å². The Morgan fingerprint density at radius 3 is 2.86 bits per heavy atom. The minimum Gasteiger partial charge on any atom is -0.394 e. The van der Waals surface area contributed by atoms with Gasteiger partial charge in [-0.25, -0.2) is 4.39 Å². The molecule has 1 rings (SSSR count). The molecule has 0 aliphatic rings. The highest BCUT2D eigenvalue weighted by Crippen LogP contribution is 2.14. The van der Waals surface area contributed by atoms with Crippen LogP contribution in [0.1, 0.15) is 12.5 Å². The number of rotatable bonds is 3. The van der Waals surface area contributed by atoms with E-state index >= 15 is 0 Å². The number of hydrogen-bond acceptors (Lipinski definition) is 3. The fourth-order valence-corrected chi connectivity index (χ4v) is 1.03. The largest absolute Gasteiger partial charge is 0.394 e. The van der Waals surface area contributed by atoms with Crippen molar-refractivity contribution in [2.45, 2.75) is 13.0 Å². The molecule has 0 aliphatic carbocycles. The second-order valence-electron chi connectivity index (χ2n) is 3.03. The van der Waals surface area contributed by atoms with Crippen LogP contribution >= 0.6 is 0 Å². The predicted molar refractivity (Wildman–Crippen MR) is 51.3 cm³/mol. The van der Waals surface area contributed by atoms with Gasteiger partial charge in [-0.05, 0) is 25.1 Å². The summed E-state index contributed by atoms with van der Waals surface area (Å²) in [4.78, 5) is 0. The normalized spacial score (nSPS) is 11.9. The van der Waals surface area contributed by atoms with E-state index in [1.165, 1.54) is 12.1 Å². The first-order valence-electron chi connectivity index (χ1n) is 4.24. The summed E-state index contributed by atoms with van der Waals surface area (Å²) in [6, 6.07) is 5.85. The Hall–Kier alpha value is -1.60. The molecule has 0 aromatic heterocycles. The molecule has 1 atom stereocenters. The highest BCUT2D eigenvalue weighted by Gasteiger charge is 2.04. The standard InChI is InChI=1S/C10H11FN2O/c1-7(6-14)13-9-3-2-8(5-12)10(11)4-9/h2-4,7,13-14H,6H2,1H3. The molecule has 0 heterocycles. The molecule has 4 heteroatoms. The van der Waals surface area contributed by atoms with Gasteiger partial charge < -0.3 is 10.4 Å². The van der Waals surface area contributed by atoms with Gasteiger partial charge in [-0.1, -0.05) is 0 Å². The maximum Gasteiger partial charge on any atom is 0.143 e. The molecule has 14 heavy (non-hydrogen) atoms. The van der Waals surface area contributed by atoms with Crippen LogP contribution in [0.5, 0.6) is 0 Å². The fourth-order valence-electron chi connectivity index (χ4n) is 1.03. The van der Waals surface area contributed by atoms with E-state index in [0.717, 1.165) is 0 Å². The fraction of sp³-hybridized carbons (Fsp3) is 0.300. The van der Waals surface area contributed by atoms with Gasteiger partial charge in [0.1, 0.15) is 11.9 Å². The van der Waals surface area contributed by atoms with E-state index in [1.807, 2.05) is 0 Å². The summed E-state index contributed by atoms with van der Waals surface area (Å²) < 4.78 is 13.1. The third kappa shape index (κ3) is 2.44. The van der Waals surface area contributed by atoms with Gasteiger partial charge in [0.25, 0.3) is 0 Å². The highest BCUT2D eigenvalue weighted by molar-refractivity contribution is 5.48. The lowest BCUT2D eigenvalue weighted by Gasteiger charge is -2.12. The summed E-state index contributed by atoms with van der Waals surface area (Å²) in [6.07, 6.45) is 0. The van der Waals surface area contributed by atoms with E-state index in [4.69, 9.17) is 10.4 Å². The summed E-state index contributed by atoms with van der Waals surface area (Å²) >= 11 is 0. The molecule has 0 saturated carbocycles. The summed E-state index contributed by atoms with van der Waals surface area (Å²) in [5, 5.41) is 20.1. The first kappa shape index (κ1) is 10.5. The van der Waals surface area contributed by atoms with E-state index in [0.29, 0.717) is 5.69 Å². The molecule has 3 nitrogen and oxygen atoms in total. The van der Waals surface area contributed by atoms with Crippen molar-refractivity contribution in [1.29, 1.82) is 5.26 Å². The zero-order valence-corrected chi connectivity index (χ0v) is 7.79. The van der Waals surface area contributed by atoms with Crippen LogP contribution in [0.3, 0.4) is 0 Å². The van der Waals surface area contributed by atoms with E-state index in [-0.39, 0.29) is 18.2 Å². The monoisotopic (exact) mass is 194 g/mol. The smallest absolute Gasteiger partial charge is 0.143 e. The third-order valence-electron chi connectivity index (χ3n) is 1.78. The highest BCUT2D eigenvalue weighted by atomic mass is 19.1. The molecule has 0 bridgehead atoms. The number of aliphatic hydroxyl groups excluding tert-OH is 1. The van der Waals surface area contributed by atoms with Crippen LogP contribution in [-0.2, 0) is 0 Å². The summed E-state index contributed by atoms with van der Waals surface area (Å²) in [5.41, 5.74) is 0.579. The average Bonchev–Trinajstić information content (AvgIpc) is 2.18. The molecule has 1 aromatic rings. The van der Waals surface area contributed by atoms with Crippen molar-refractivity contribution >= 4 is 5.69 Å². The number of halogens is 1. The van der Waals surface area contributed by atoms with Crippen molar-refractivity contribution in [2.75, 3.05) is 11.9 Å². The zero-order valence-electron chi connectivity index (χ0n) is 7.79. The minimum atomic E-state index is -0.553. The molecule has 0 saturated heterocycles. The molecule has 0 amide bonds. The molecule has 1 aromatic carbocycles. The number of nitriles is 1. The number of nitrogens with zero attached hydrogens (tertiary/aromatic N) is 1. The van der Waals surface area contributed by atoms with Crippen molar-refractivity contribution in [3.8, 4) is 6.07 Å². The Bertz CT molecular complexity index is 360. The lowest BCUT2D eigenvalue weighted by Crippen LogP contribution is -2.19. The van der Waals surface area contributed by atoms with Gasteiger partial charge in [-0.2, -0.15) is 5.26 Å². The van der Waals surface area contributed by atoms with Gasteiger partial charge in [0.2, 0.25) is 0 Å². The van der Waals surface area contributed by atoms with E-state index in [2.05, 4.69) is 5.32 Å². The van der Waals surface area contributed by atoms with Gasteiger partial charge in [0.05, 0.1) is 12.2 Å². The van der Waals surface area contributed by atoms with E-state index in [1.54, 1.807) is 19.1 Å². The van der Waals surface area contributed by atoms with E-state index < -0.39 is 5.82 Å². The van der Waals surface area contributed by atoms with Crippen molar-refractivity contribution in [1.82, 2.24) is 0 Å². The first-order valence-corrected chi connectivity index (χ1v) is 4.24. The van der Waals surface area contributed by atoms with E-state index in [9.17, 15) is 4.39 Å². The molecule has 0 radical (unpaired) electrons. The maximum absolute atomic E-state index is 13.1. The van der Waals surface area contributed by atoms with Gasteiger partial charge in [-0.3, -0.25) is 0 Å². The lowest BCUT2D eigenvalue weighted by molar-refractivity contribution is 0.281. The van der Waals surface area contributed by atoms with Gasteiger partial charge in [0.15, 0.2) is 0 Å². The van der Waals surface area contributed by atoms with Crippen molar-refractivity contribution in [3.63, 3.8) is 0 Å². The zero-order chi connectivity index (χ0) is 10.6. The lowest BCUT2D eigenvalue weighted by atomic mass is 10.2. The minimum absolute atomic E-state index is 0.0206. The quantitative estimate of drug-likeness (QED) is 0.766. The molecule has 0 aliphatic heterocycles. The van der Waals surface area contributed by atoms with Crippen molar-refractivity contribution in [3.05, 3.63) is 29.6 Å². The number of benzene rings is 1. The van der Waals surface area contributed by atoms with Crippen molar-refractivity contribution < 1.29 is 9.50 Å². The maximum atomic E-state index is 13.1. The van der Waals surface area contributed by atoms with Crippen LogP contribution in [0.2, 0.25) is 0 Å². The van der Waals surface area contributed by atoms with Crippen molar-refractivity contribution in [2.24, 2.45) is 0 Å². The van der Waals surface area contributed by atoms with Crippen LogP contribution in [0.15, 0.2) is 18.2 Å². The van der Waals surface area contributed by atoms with Crippen LogP contribution in [0, 0.1) is 17.1 Å². The Morgan fingerprint density at radius 2 is 2.36 bits per heavy atom. The summed E-state index contributed by atoms with van der Waals surface area (Å²) in [5.74, 6) is -0.553. The molecule has 74 valence electrons. The van der Waals surface area contributed by atoms with Gasteiger partial charge in [-0.15, -0.1) is 0 Å². The molecule has 1 unspecified atom stereocenters. The molecule has 0 fully saturated rings. The first-order chi connectivity index (χ1) is 6.67. The Morgan fingerprint density at radius 1 is 1.64 bits per heavy atom. The van der Waals surface area contributed by atoms with Gasteiger partial charge in [0, 0.05) is 11.7 Å². The number of anilines is 1. The Labute approximate surface area is 81.8 Å². The number of aliphatic hydroxyl groups is 1. The average molecular weight is 194 g/mol. The second kappa shape index (κ2) is 4.58. The predicted octanol–water partition coefficient (Wildman–Crippen LogP) is 1.49. The Kier molecular flexibility index (Phi) is 3.43. The third-order valence-corrected chi connectivity index (χ3v) is 1.78. The molecule has 0 spiro atoms. The summed E-state index contributed by atoms with van der Waals surface area (Å²) in [6.45, 7) is 1.75. The van der Waals surface area contributed by atoms with Gasteiger partial charge >= 0.3 is 0 Å². The number of hydrogen-bond donors (Lipinski definition) is 2.